The highest BCUT2D eigenvalue weighted by atomic mass is 16.3. The summed E-state index contributed by atoms with van der Waals surface area (Å²) in [6.45, 7) is 0.785. The van der Waals surface area contributed by atoms with Crippen LogP contribution < -0.4 is 0 Å². The average Bonchev–Trinajstić information content (AvgIpc) is 3.05. The molecule has 4 heteroatoms. The largest absolute Gasteiger partial charge is 0.394 e. The number of hydrogen-bond donors (Lipinski definition) is 2. The zero-order valence-electron chi connectivity index (χ0n) is 10.1. The first-order valence-electron chi connectivity index (χ1n) is 6.29. The van der Waals surface area contributed by atoms with E-state index in [0.29, 0.717) is 5.56 Å². The van der Waals surface area contributed by atoms with E-state index in [-0.39, 0.29) is 18.6 Å². The number of nitrogens with zero attached hydrogens (tertiary/aromatic N) is 1. The first kappa shape index (κ1) is 11.3. The standard InChI is InChI=1S/C14H16N2O2/c17-9-11-4-2-8-16(11)14(18)12-5-1-3-10-6-7-15-13(10)12/h1,3,5-7,11,15,17H,2,4,8-9H2. The van der Waals surface area contributed by atoms with Gasteiger partial charge in [-0.05, 0) is 25.0 Å². The van der Waals surface area contributed by atoms with Crippen molar-refractivity contribution in [2.75, 3.05) is 13.2 Å². The number of nitrogens with one attached hydrogen (secondary N) is 1. The summed E-state index contributed by atoms with van der Waals surface area (Å²) in [5.74, 6) is 0.0135. The van der Waals surface area contributed by atoms with E-state index >= 15 is 0 Å². The number of hydrogen-bond acceptors (Lipinski definition) is 2. The summed E-state index contributed by atoms with van der Waals surface area (Å²) in [6, 6.07) is 7.65. The normalized spacial score (nSPS) is 19.6. The molecule has 2 heterocycles. The van der Waals surface area contributed by atoms with Gasteiger partial charge in [0.1, 0.15) is 0 Å². The van der Waals surface area contributed by atoms with Crippen LogP contribution in [0.3, 0.4) is 0 Å². The van der Waals surface area contributed by atoms with Gasteiger partial charge < -0.3 is 15.0 Å². The highest BCUT2D eigenvalue weighted by Crippen LogP contribution is 2.23. The van der Waals surface area contributed by atoms with Gasteiger partial charge in [-0.25, -0.2) is 0 Å². The van der Waals surface area contributed by atoms with E-state index in [1.54, 1.807) is 4.90 Å². The molecule has 0 aliphatic carbocycles. The SMILES string of the molecule is O=C(c1cccc2cc[nH]c12)N1CCCC1CO. The number of benzene rings is 1. The number of amides is 1. The predicted molar refractivity (Wildman–Crippen MR) is 69.4 cm³/mol. The van der Waals surface area contributed by atoms with Crippen molar-refractivity contribution in [3.05, 3.63) is 36.0 Å². The van der Waals surface area contributed by atoms with E-state index in [4.69, 9.17) is 0 Å². The molecular weight excluding hydrogens is 228 g/mol. The third kappa shape index (κ3) is 1.69. The van der Waals surface area contributed by atoms with Gasteiger partial charge in [0, 0.05) is 18.1 Å². The third-order valence-corrected chi connectivity index (χ3v) is 3.67. The molecule has 0 saturated carbocycles. The summed E-state index contributed by atoms with van der Waals surface area (Å²) in [4.78, 5) is 17.4. The molecule has 3 rings (SSSR count). The Morgan fingerprint density at radius 1 is 1.44 bits per heavy atom. The molecule has 94 valence electrons. The van der Waals surface area contributed by atoms with Gasteiger partial charge in [-0.3, -0.25) is 4.79 Å². The lowest BCUT2D eigenvalue weighted by Crippen LogP contribution is -2.37. The maximum Gasteiger partial charge on any atom is 0.256 e. The number of carbonyl (C=O) groups is 1. The molecule has 1 aliphatic rings. The number of fused-ring (bicyclic) bond motifs is 1. The molecule has 1 unspecified atom stereocenters. The molecule has 1 aliphatic heterocycles. The monoisotopic (exact) mass is 244 g/mol. The number of aromatic amines is 1. The molecule has 18 heavy (non-hydrogen) atoms. The molecule has 1 saturated heterocycles. The minimum absolute atomic E-state index is 0.0135. The lowest BCUT2D eigenvalue weighted by Gasteiger charge is -2.23. The number of H-pyrrole nitrogens is 1. The number of rotatable bonds is 2. The number of aromatic nitrogens is 1. The van der Waals surface area contributed by atoms with Gasteiger partial charge in [0.05, 0.1) is 23.7 Å². The highest BCUT2D eigenvalue weighted by Gasteiger charge is 2.29. The van der Waals surface area contributed by atoms with Gasteiger partial charge in [0.15, 0.2) is 0 Å². The zero-order chi connectivity index (χ0) is 12.5. The maximum atomic E-state index is 12.5. The van der Waals surface area contributed by atoms with E-state index in [1.165, 1.54) is 0 Å². The molecule has 0 radical (unpaired) electrons. The van der Waals surface area contributed by atoms with Gasteiger partial charge in [0.25, 0.3) is 5.91 Å². The Balaban J connectivity index is 1.99. The van der Waals surface area contributed by atoms with Crippen LogP contribution in [0.5, 0.6) is 0 Å². The van der Waals surface area contributed by atoms with Crippen molar-refractivity contribution in [2.45, 2.75) is 18.9 Å². The van der Waals surface area contributed by atoms with E-state index in [9.17, 15) is 9.90 Å². The van der Waals surface area contributed by atoms with Crippen molar-refractivity contribution in [2.24, 2.45) is 0 Å². The molecule has 1 aromatic heterocycles. The Hall–Kier alpha value is -1.81. The van der Waals surface area contributed by atoms with Crippen LogP contribution in [-0.4, -0.2) is 40.1 Å². The average molecular weight is 244 g/mol. The Morgan fingerprint density at radius 2 is 2.33 bits per heavy atom. The van der Waals surface area contributed by atoms with Crippen molar-refractivity contribution in [3.63, 3.8) is 0 Å². The molecule has 0 bridgehead atoms. The van der Waals surface area contributed by atoms with Crippen LogP contribution in [0, 0.1) is 0 Å². The molecule has 2 N–H and O–H groups in total. The Morgan fingerprint density at radius 3 is 3.17 bits per heavy atom. The summed E-state index contributed by atoms with van der Waals surface area (Å²) in [6.07, 6.45) is 3.70. The molecule has 2 aromatic rings. The number of aliphatic hydroxyl groups is 1. The van der Waals surface area contributed by atoms with Crippen LogP contribution >= 0.6 is 0 Å². The van der Waals surface area contributed by atoms with E-state index in [0.717, 1.165) is 30.3 Å². The Kier molecular flexibility index (Phi) is 2.80. The molecule has 1 atom stereocenters. The fourth-order valence-corrected chi connectivity index (χ4v) is 2.71. The summed E-state index contributed by atoms with van der Waals surface area (Å²) < 4.78 is 0. The van der Waals surface area contributed by atoms with E-state index in [2.05, 4.69) is 4.98 Å². The van der Waals surface area contributed by atoms with E-state index in [1.807, 2.05) is 30.5 Å². The number of para-hydroxylation sites is 1. The van der Waals surface area contributed by atoms with Crippen molar-refractivity contribution >= 4 is 16.8 Å². The van der Waals surface area contributed by atoms with Gasteiger partial charge in [0.2, 0.25) is 0 Å². The zero-order valence-corrected chi connectivity index (χ0v) is 10.1. The first-order valence-corrected chi connectivity index (χ1v) is 6.29. The maximum absolute atomic E-state index is 12.5. The third-order valence-electron chi connectivity index (χ3n) is 3.67. The number of aliphatic hydroxyl groups excluding tert-OH is 1. The lowest BCUT2D eigenvalue weighted by atomic mass is 10.1. The molecule has 0 spiro atoms. The fraction of sp³-hybridized carbons (Fsp3) is 0.357. The predicted octanol–water partition coefficient (Wildman–Crippen LogP) is 1.76. The smallest absolute Gasteiger partial charge is 0.256 e. The van der Waals surface area contributed by atoms with Crippen molar-refractivity contribution < 1.29 is 9.90 Å². The van der Waals surface area contributed by atoms with Crippen molar-refractivity contribution in [1.29, 1.82) is 0 Å². The Bertz CT molecular complexity index is 576. The van der Waals surface area contributed by atoms with Crippen LogP contribution in [-0.2, 0) is 0 Å². The minimum Gasteiger partial charge on any atom is -0.394 e. The summed E-state index contributed by atoms with van der Waals surface area (Å²) in [5, 5.41) is 10.3. The van der Waals surface area contributed by atoms with Crippen LogP contribution in [0.1, 0.15) is 23.2 Å². The second-order valence-corrected chi connectivity index (χ2v) is 4.72. The highest BCUT2D eigenvalue weighted by molar-refractivity contribution is 6.05. The first-order chi connectivity index (χ1) is 8.81. The topological polar surface area (TPSA) is 56.3 Å². The summed E-state index contributed by atoms with van der Waals surface area (Å²) in [7, 11) is 0. The molecule has 4 nitrogen and oxygen atoms in total. The van der Waals surface area contributed by atoms with Gasteiger partial charge >= 0.3 is 0 Å². The fourth-order valence-electron chi connectivity index (χ4n) is 2.71. The second kappa shape index (κ2) is 4.46. The minimum atomic E-state index is -0.0253. The lowest BCUT2D eigenvalue weighted by molar-refractivity contribution is 0.0679. The quantitative estimate of drug-likeness (QED) is 0.845. The van der Waals surface area contributed by atoms with Crippen LogP contribution in [0.4, 0.5) is 0 Å². The Labute approximate surface area is 105 Å². The van der Waals surface area contributed by atoms with Gasteiger partial charge in [-0.2, -0.15) is 0 Å². The van der Waals surface area contributed by atoms with Gasteiger partial charge in [-0.1, -0.05) is 12.1 Å². The molecule has 1 aromatic carbocycles. The summed E-state index contributed by atoms with van der Waals surface area (Å²) in [5.41, 5.74) is 1.57. The number of carbonyl (C=O) groups excluding carboxylic acids is 1. The van der Waals surface area contributed by atoms with Crippen LogP contribution in [0.15, 0.2) is 30.5 Å². The molecule has 1 fully saturated rings. The van der Waals surface area contributed by atoms with Crippen LogP contribution in [0.2, 0.25) is 0 Å². The molecular formula is C14H16N2O2. The van der Waals surface area contributed by atoms with Gasteiger partial charge in [-0.15, -0.1) is 0 Å². The van der Waals surface area contributed by atoms with Crippen LogP contribution in [0.25, 0.3) is 10.9 Å². The van der Waals surface area contributed by atoms with Crippen molar-refractivity contribution in [1.82, 2.24) is 9.88 Å². The van der Waals surface area contributed by atoms with Crippen molar-refractivity contribution in [3.8, 4) is 0 Å². The summed E-state index contributed by atoms with van der Waals surface area (Å²) >= 11 is 0. The second-order valence-electron chi connectivity index (χ2n) is 4.72. The number of likely N-dealkylation sites (tertiary alicyclic amines) is 1. The molecule has 1 amide bonds. The van der Waals surface area contributed by atoms with E-state index < -0.39 is 0 Å².